The molecule has 0 radical (unpaired) electrons. The van der Waals surface area contributed by atoms with Gasteiger partial charge in [0.25, 0.3) is 5.56 Å². The van der Waals surface area contributed by atoms with Crippen LogP contribution in [0.5, 0.6) is 0 Å². The van der Waals surface area contributed by atoms with Crippen LogP contribution < -0.4 is 10.9 Å². The largest absolute Gasteiger partial charge is 0.318 e. The summed E-state index contributed by atoms with van der Waals surface area (Å²) in [5.74, 6) is 0.433. The molecule has 1 aliphatic rings. The number of aromatic nitrogens is 6. The van der Waals surface area contributed by atoms with E-state index in [0.717, 1.165) is 21.6 Å². The number of H-pyrrole nitrogens is 1. The van der Waals surface area contributed by atoms with Crippen molar-refractivity contribution in [2.75, 3.05) is 5.32 Å². The minimum Gasteiger partial charge on any atom is -0.318 e. The number of benzene rings is 1. The molecule has 26 heavy (non-hydrogen) atoms. The lowest BCUT2D eigenvalue weighted by Crippen LogP contribution is -2.28. The maximum Gasteiger partial charge on any atom is 0.288 e. The summed E-state index contributed by atoms with van der Waals surface area (Å²) in [6.45, 7) is 2.03. The smallest absolute Gasteiger partial charge is 0.288 e. The summed E-state index contributed by atoms with van der Waals surface area (Å²) >= 11 is 1.59. The number of nitrogens with zero attached hydrogens (tertiary/aromatic N) is 5. The second kappa shape index (κ2) is 5.60. The zero-order valence-corrected chi connectivity index (χ0v) is 14.5. The lowest BCUT2D eigenvalue weighted by atomic mass is 9.96. The fourth-order valence-electron chi connectivity index (χ4n) is 3.18. The summed E-state index contributed by atoms with van der Waals surface area (Å²) in [6, 6.07) is 11.7. The Morgan fingerprint density at radius 3 is 2.81 bits per heavy atom. The summed E-state index contributed by atoms with van der Waals surface area (Å²) in [5.41, 5.74) is 3.67. The molecule has 0 saturated carbocycles. The van der Waals surface area contributed by atoms with Gasteiger partial charge in [-0.05, 0) is 28.8 Å². The van der Waals surface area contributed by atoms with Crippen molar-refractivity contribution in [1.82, 2.24) is 30.4 Å². The molecule has 8 nitrogen and oxygen atoms in total. The Morgan fingerprint density at radius 1 is 1.19 bits per heavy atom. The van der Waals surface area contributed by atoms with Gasteiger partial charge in [-0.2, -0.15) is 9.78 Å². The molecule has 1 aromatic carbocycles. The molecule has 4 aromatic rings. The molecule has 0 spiro atoms. The molecule has 5 rings (SSSR count). The molecule has 0 amide bonds. The first-order valence-electron chi connectivity index (χ1n) is 8.00. The molecule has 1 unspecified atom stereocenters. The van der Waals surface area contributed by atoms with Gasteiger partial charge >= 0.3 is 0 Å². The lowest BCUT2D eigenvalue weighted by Gasteiger charge is -2.26. The van der Waals surface area contributed by atoms with Gasteiger partial charge in [0.05, 0.1) is 5.69 Å². The Labute approximate surface area is 151 Å². The predicted molar refractivity (Wildman–Crippen MR) is 97.7 cm³/mol. The van der Waals surface area contributed by atoms with Gasteiger partial charge in [-0.15, -0.1) is 11.3 Å². The molecule has 0 saturated heterocycles. The van der Waals surface area contributed by atoms with Gasteiger partial charge in [0.2, 0.25) is 5.95 Å². The van der Waals surface area contributed by atoms with Crippen molar-refractivity contribution < 1.29 is 0 Å². The highest BCUT2D eigenvalue weighted by atomic mass is 32.1. The first-order chi connectivity index (χ1) is 12.7. The molecule has 1 aliphatic heterocycles. The Balaban J connectivity index is 1.82. The first-order valence-corrected chi connectivity index (χ1v) is 8.88. The van der Waals surface area contributed by atoms with Gasteiger partial charge < -0.3 is 5.32 Å². The van der Waals surface area contributed by atoms with Crippen LogP contribution in [0.1, 0.15) is 22.0 Å². The number of rotatable bonds is 2. The zero-order valence-electron chi connectivity index (χ0n) is 13.7. The normalized spacial score (nSPS) is 15.2. The molecule has 0 aliphatic carbocycles. The molecule has 1 atom stereocenters. The third-order valence-corrected chi connectivity index (χ3v) is 5.33. The highest BCUT2D eigenvalue weighted by Crippen LogP contribution is 2.42. The molecular weight excluding hydrogens is 350 g/mol. The van der Waals surface area contributed by atoms with Crippen molar-refractivity contribution in [3.8, 4) is 11.3 Å². The fraction of sp³-hybridized carbons (Fsp3) is 0.118. The maximum absolute atomic E-state index is 12.5. The number of nitrogens with one attached hydrogen (secondary N) is 2. The standard InChI is InChI=1S/C17H13N7OS/c1-9-4-6-10(7-5-9)13-12-14(16(25)20-19-13)18-17-21-22-23-24(17)15(12)11-3-2-8-26-11/h2-8,15H,1H3,(H,20,25)(H,18,21,23). The average molecular weight is 363 g/mol. The van der Waals surface area contributed by atoms with E-state index in [1.165, 1.54) is 0 Å². The maximum atomic E-state index is 12.5. The summed E-state index contributed by atoms with van der Waals surface area (Å²) in [5, 5.41) is 23.9. The van der Waals surface area contributed by atoms with E-state index in [1.807, 2.05) is 48.7 Å². The van der Waals surface area contributed by atoms with E-state index in [4.69, 9.17) is 0 Å². The monoisotopic (exact) mass is 363 g/mol. The van der Waals surface area contributed by atoms with Gasteiger partial charge in [0.1, 0.15) is 11.7 Å². The summed E-state index contributed by atoms with van der Waals surface area (Å²) in [6.07, 6.45) is 0. The van der Waals surface area contributed by atoms with Crippen LogP contribution in [0, 0.1) is 6.92 Å². The van der Waals surface area contributed by atoms with E-state index >= 15 is 0 Å². The van der Waals surface area contributed by atoms with E-state index in [0.29, 0.717) is 17.3 Å². The van der Waals surface area contributed by atoms with E-state index < -0.39 is 0 Å². The van der Waals surface area contributed by atoms with Crippen LogP contribution in [0.25, 0.3) is 11.3 Å². The van der Waals surface area contributed by atoms with E-state index in [9.17, 15) is 4.79 Å². The molecule has 2 N–H and O–H groups in total. The number of anilines is 2. The van der Waals surface area contributed by atoms with Gasteiger partial charge in [0.15, 0.2) is 0 Å². The SMILES string of the molecule is Cc1ccc(-c2n[nH]c(=O)c3c2C(c2cccs2)n2nnnc2N3)cc1. The fourth-order valence-corrected chi connectivity index (χ4v) is 4.00. The van der Waals surface area contributed by atoms with Crippen molar-refractivity contribution in [1.29, 1.82) is 0 Å². The van der Waals surface area contributed by atoms with Crippen molar-refractivity contribution in [3.63, 3.8) is 0 Å². The van der Waals surface area contributed by atoms with Crippen LogP contribution in [0.3, 0.4) is 0 Å². The minimum absolute atomic E-state index is 0.299. The molecule has 4 heterocycles. The third kappa shape index (κ3) is 2.17. The Bertz CT molecular complexity index is 1140. The Hall–Kier alpha value is -3.33. The number of hydrogen-bond acceptors (Lipinski definition) is 7. The molecule has 0 bridgehead atoms. The van der Waals surface area contributed by atoms with E-state index in [-0.39, 0.29) is 11.6 Å². The van der Waals surface area contributed by atoms with Crippen LogP contribution in [0.4, 0.5) is 11.6 Å². The number of hydrogen-bond donors (Lipinski definition) is 2. The van der Waals surface area contributed by atoms with Crippen molar-refractivity contribution >= 4 is 23.0 Å². The Kier molecular flexibility index (Phi) is 3.22. The number of aryl methyl sites for hydroxylation is 1. The molecule has 3 aromatic heterocycles. The van der Waals surface area contributed by atoms with Crippen LogP contribution >= 0.6 is 11.3 Å². The van der Waals surface area contributed by atoms with Crippen LogP contribution in [0.2, 0.25) is 0 Å². The number of tetrazole rings is 1. The summed E-state index contributed by atoms with van der Waals surface area (Å²) in [7, 11) is 0. The van der Waals surface area contributed by atoms with E-state index in [2.05, 4.69) is 31.0 Å². The van der Waals surface area contributed by atoms with Gasteiger partial charge in [-0.3, -0.25) is 4.79 Å². The number of thiophene rings is 1. The molecule has 0 fully saturated rings. The molecular formula is C17H13N7OS. The predicted octanol–water partition coefficient (Wildman–Crippen LogP) is 2.49. The number of fused-ring (bicyclic) bond motifs is 2. The minimum atomic E-state index is -0.317. The summed E-state index contributed by atoms with van der Waals surface area (Å²) in [4.78, 5) is 13.5. The molecule has 128 valence electrons. The quantitative estimate of drug-likeness (QED) is 0.500. The van der Waals surface area contributed by atoms with Crippen molar-refractivity contribution in [2.45, 2.75) is 13.0 Å². The van der Waals surface area contributed by atoms with Crippen LogP contribution in [-0.2, 0) is 0 Å². The first kappa shape index (κ1) is 15.0. The third-order valence-electron chi connectivity index (χ3n) is 4.41. The van der Waals surface area contributed by atoms with E-state index in [1.54, 1.807) is 16.0 Å². The zero-order chi connectivity index (χ0) is 17.7. The van der Waals surface area contributed by atoms with Crippen LogP contribution in [-0.4, -0.2) is 30.4 Å². The topological polar surface area (TPSA) is 101 Å². The highest BCUT2D eigenvalue weighted by Gasteiger charge is 2.34. The second-order valence-corrected chi connectivity index (χ2v) is 7.03. The van der Waals surface area contributed by atoms with Gasteiger partial charge in [-0.25, -0.2) is 5.10 Å². The van der Waals surface area contributed by atoms with Crippen molar-refractivity contribution in [3.05, 3.63) is 68.1 Å². The molecule has 9 heteroatoms. The van der Waals surface area contributed by atoms with Gasteiger partial charge in [0, 0.05) is 16.0 Å². The highest BCUT2D eigenvalue weighted by molar-refractivity contribution is 7.10. The van der Waals surface area contributed by atoms with Crippen LogP contribution in [0.15, 0.2) is 46.6 Å². The van der Waals surface area contributed by atoms with Gasteiger partial charge in [-0.1, -0.05) is 41.0 Å². The number of aromatic amines is 1. The Morgan fingerprint density at radius 2 is 2.04 bits per heavy atom. The lowest BCUT2D eigenvalue weighted by molar-refractivity contribution is 0.574. The van der Waals surface area contributed by atoms with Crippen molar-refractivity contribution in [2.24, 2.45) is 0 Å². The summed E-state index contributed by atoms with van der Waals surface area (Å²) < 4.78 is 1.69. The second-order valence-electron chi connectivity index (χ2n) is 6.05. The average Bonchev–Trinajstić information content (AvgIpc) is 3.33.